The third-order valence-electron chi connectivity index (χ3n) is 8.02. The molecule has 25 heavy (non-hydrogen) atoms. The van der Waals surface area contributed by atoms with E-state index in [4.69, 9.17) is 0 Å². The number of nitrogens with zero attached hydrogens (tertiary/aromatic N) is 3. The number of hydrogen-bond acceptors (Lipinski definition) is 3. The maximum atomic E-state index is 2.90. The van der Waals surface area contributed by atoms with Crippen molar-refractivity contribution < 1.29 is 0 Å². The molecule has 1 saturated carbocycles. The van der Waals surface area contributed by atoms with Crippen molar-refractivity contribution in [2.75, 3.05) is 45.8 Å². The summed E-state index contributed by atoms with van der Waals surface area (Å²) in [6.07, 6.45) is 5.90. The van der Waals surface area contributed by atoms with Crippen LogP contribution in [-0.4, -0.2) is 72.6 Å². The second kappa shape index (κ2) is 7.48. The van der Waals surface area contributed by atoms with Gasteiger partial charge < -0.3 is 9.80 Å². The maximum absolute atomic E-state index is 2.90. The number of fused-ring (bicyclic) bond motifs is 1. The molecule has 3 heterocycles. The predicted molar refractivity (Wildman–Crippen MR) is 106 cm³/mol. The van der Waals surface area contributed by atoms with Crippen molar-refractivity contribution in [1.29, 1.82) is 0 Å². The molecule has 144 valence electrons. The van der Waals surface area contributed by atoms with Gasteiger partial charge in [-0.2, -0.15) is 0 Å². The third-order valence-corrected chi connectivity index (χ3v) is 8.02. The second-order valence-electron chi connectivity index (χ2n) is 10.4. The van der Waals surface area contributed by atoms with Gasteiger partial charge in [0, 0.05) is 57.9 Å². The molecule has 3 aliphatic heterocycles. The first-order chi connectivity index (χ1) is 12.0. The molecule has 2 atom stereocenters. The first-order valence-corrected chi connectivity index (χ1v) is 11.2. The van der Waals surface area contributed by atoms with Crippen molar-refractivity contribution in [3.63, 3.8) is 0 Å². The highest BCUT2D eigenvalue weighted by Crippen LogP contribution is 2.38. The van der Waals surface area contributed by atoms with E-state index in [0.29, 0.717) is 0 Å². The highest BCUT2D eigenvalue weighted by molar-refractivity contribution is 4.97. The fourth-order valence-electron chi connectivity index (χ4n) is 6.22. The number of hydrogen-bond donors (Lipinski definition) is 0. The van der Waals surface area contributed by atoms with Crippen LogP contribution < -0.4 is 0 Å². The summed E-state index contributed by atoms with van der Waals surface area (Å²) < 4.78 is 0. The maximum Gasteiger partial charge on any atom is 0.00957 e. The van der Waals surface area contributed by atoms with E-state index in [2.05, 4.69) is 42.4 Å². The van der Waals surface area contributed by atoms with Crippen LogP contribution in [0.1, 0.15) is 53.4 Å². The lowest BCUT2D eigenvalue weighted by molar-refractivity contribution is 0.0439. The van der Waals surface area contributed by atoms with Crippen LogP contribution in [-0.2, 0) is 0 Å². The molecule has 0 aromatic heterocycles. The largest absolute Gasteiger partial charge is 0.302 e. The Labute approximate surface area is 156 Å². The summed E-state index contributed by atoms with van der Waals surface area (Å²) in [6, 6.07) is 1.66. The van der Waals surface area contributed by atoms with Crippen LogP contribution in [0.4, 0.5) is 0 Å². The Balaban J connectivity index is 1.18. The molecule has 0 spiro atoms. The Morgan fingerprint density at radius 2 is 1.36 bits per heavy atom. The lowest BCUT2D eigenvalue weighted by Crippen LogP contribution is -2.53. The zero-order valence-corrected chi connectivity index (χ0v) is 17.2. The van der Waals surface area contributed by atoms with Gasteiger partial charge >= 0.3 is 0 Å². The molecule has 3 saturated heterocycles. The number of rotatable bonds is 5. The smallest absolute Gasteiger partial charge is 0.00957 e. The average Bonchev–Trinajstić information content (AvgIpc) is 3.08. The molecule has 0 amide bonds. The standard InChI is InChI=1S/C22H41N3/c1-16(2)19-5-7-22(8-6-19)25-14-20-12-23(13-21(20)15-25)9-18-10-24(11-18)17(3)4/h16-22H,5-15H2,1-4H3/t19?,20-,21-,22?/m0/s1. The monoisotopic (exact) mass is 347 g/mol. The molecule has 4 fully saturated rings. The van der Waals surface area contributed by atoms with Gasteiger partial charge in [-0.1, -0.05) is 13.8 Å². The van der Waals surface area contributed by atoms with Gasteiger partial charge in [0.25, 0.3) is 0 Å². The van der Waals surface area contributed by atoms with E-state index in [9.17, 15) is 0 Å². The van der Waals surface area contributed by atoms with Gasteiger partial charge in [-0.05, 0) is 69.1 Å². The zero-order chi connectivity index (χ0) is 17.6. The minimum absolute atomic E-state index is 0.744. The molecular formula is C22H41N3. The lowest BCUT2D eigenvalue weighted by atomic mass is 9.79. The summed E-state index contributed by atoms with van der Waals surface area (Å²) in [4.78, 5) is 8.33. The van der Waals surface area contributed by atoms with Gasteiger partial charge in [-0.25, -0.2) is 0 Å². The molecule has 0 bridgehead atoms. The molecule has 0 unspecified atom stereocenters. The fraction of sp³-hybridized carbons (Fsp3) is 1.00. The van der Waals surface area contributed by atoms with Gasteiger partial charge in [-0.15, -0.1) is 0 Å². The SMILES string of the molecule is CC(C)C1CCC(N2C[C@@H]3CN(CC4CN(C(C)C)C4)C[C@H]3C2)CC1. The zero-order valence-electron chi connectivity index (χ0n) is 17.2. The van der Waals surface area contributed by atoms with Crippen LogP contribution in [0.5, 0.6) is 0 Å². The van der Waals surface area contributed by atoms with E-state index >= 15 is 0 Å². The topological polar surface area (TPSA) is 9.72 Å². The molecule has 0 radical (unpaired) electrons. The molecule has 3 heteroatoms. The Bertz CT molecular complexity index is 421. The van der Waals surface area contributed by atoms with Crippen LogP contribution in [0.3, 0.4) is 0 Å². The van der Waals surface area contributed by atoms with Crippen LogP contribution in [0, 0.1) is 29.6 Å². The van der Waals surface area contributed by atoms with Gasteiger partial charge in [0.05, 0.1) is 0 Å². The summed E-state index contributed by atoms with van der Waals surface area (Å²) >= 11 is 0. The van der Waals surface area contributed by atoms with Crippen LogP contribution >= 0.6 is 0 Å². The highest BCUT2D eigenvalue weighted by atomic mass is 15.3. The number of likely N-dealkylation sites (tertiary alicyclic amines) is 3. The summed E-state index contributed by atoms with van der Waals surface area (Å²) in [5, 5.41) is 0. The van der Waals surface area contributed by atoms with Crippen molar-refractivity contribution in [3.05, 3.63) is 0 Å². The van der Waals surface area contributed by atoms with E-state index in [1.807, 2.05) is 0 Å². The first-order valence-electron chi connectivity index (χ1n) is 11.2. The average molecular weight is 348 g/mol. The van der Waals surface area contributed by atoms with Crippen LogP contribution in [0.2, 0.25) is 0 Å². The van der Waals surface area contributed by atoms with Crippen molar-refractivity contribution in [1.82, 2.24) is 14.7 Å². The summed E-state index contributed by atoms with van der Waals surface area (Å²) in [5.74, 6) is 4.80. The van der Waals surface area contributed by atoms with E-state index in [1.165, 1.54) is 71.5 Å². The molecule has 4 rings (SSSR count). The molecule has 1 aliphatic carbocycles. The minimum atomic E-state index is 0.744. The molecule has 0 N–H and O–H groups in total. The Morgan fingerprint density at radius 3 is 1.88 bits per heavy atom. The van der Waals surface area contributed by atoms with E-state index in [1.54, 1.807) is 0 Å². The van der Waals surface area contributed by atoms with Crippen LogP contribution in [0.15, 0.2) is 0 Å². The Kier molecular flexibility index (Phi) is 5.46. The van der Waals surface area contributed by atoms with E-state index in [0.717, 1.165) is 41.7 Å². The van der Waals surface area contributed by atoms with Crippen molar-refractivity contribution in [2.45, 2.75) is 65.5 Å². The molecule has 0 aromatic carbocycles. The Hall–Kier alpha value is -0.120. The summed E-state index contributed by atoms with van der Waals surface area (Å²) in [7, 11) is 0. The van der Waals surface area contributed by atoms with Crippen molar-refractivity contribution in [2.24, 2.45) is 29.6 Å². The van der Waals surface area contributed by atoms with Crippen LogP contribution in [0.25, 0.3) is 0 Å². The molecule has 0 aromatic rings. The quantitative estimate of drug-likeness (QED) is 0.755. The van der Waals surface area contributed by atoms with E-state index < -0.39 is 0 Å². The predicted octanol–water partition coefficient (Wildman–Crippen LogP) is 3.41. The first kappa shape index (κ1) is 18.3. The normalized spacial score (nSPS) is 38.6. The Morgan fingerprint density at radius 1 is 0.760 bits per heavy atom. The van der Waals surface area contributed by atoms with Crippen molar-refractivity contribution in [3.8, 4) is 0 Å². The molecular weight excluding hydrogens is 306 g/mol. The van der Waals surface area contributed by atoms with E-state index in [-0.39, 0.29) is 0 Å². The van der Waals surface area contributed by atoms with Gasteiger partial charge in [0.15, 0.2) is 0 Å². The third kappa shape index (κ3) is 3.94. The molecule has 4 aliphatic rings. The van der Waals surface area contributed by atoms with Crippen molar-refractivity contribution >= 4 is 0 Å². The lowest BCUT2D eigenvalue weighted by Gasteiger charge is -2.43. The fourth-order valence-corrected chi connectivity index (χ4v) is 6.22. The van der Waals surface area contributed by atoms with Gasteiger partial charge in [0.1, 0.15) is 0 Å². The van der Waals surface area contributed by atoms with Gasteiger partial charge in [-0.3, -0.25) is 4.90 Å². The second-order valence-corrected chi connectivity index (χ2v) is 10.4. The summed E-state index contributed by atoms with van der Waals surface area (Å²) in [6.45, 7) is 19.1. The highest BCUT2D eigenvalue weighted by Gasteiger charge is 2.43. The summed E-state index contributed by atoms with van der Waals surface area (Å²) in [5.41, 5.74) is 0. The molecule has 3 nitrogen and oxygen atoms in total. The minimum Gasteiger partial charge on any atom is -0.302 e. The van der Waals surface area contributed by atoms with Gasteiger partial charge in [0.2, 0.25) is 0 Å².